The van der Waals surface area contributed by atoms with Crippen LogP contribution in [0.1, 0.15) is 30.0 Å². The Balaban J connectivity index is 1.74. The highest BCUT2D eigenvalue weighted by atomic mass is 16.5. The molecule has 1 unspecified atom stereocenters. The summed E-state index contributed by atoms with van der Waals surface area (Å²) in [5.41, 5.74) is 5.17. The molecule has 104 valence electrons. The quantitative estimate of drug-likeness (QED) is 0.624. The largest absolute Gasteiger partial charge is 0.490 e. The van der Waals surface area contributed by atoms with Crippen LogP contribution >= 0.6 is 0 Å². The van der Waals surface area contributed by atoms with Gasteiger partial charge in [0.05, 0.1) is 12.1 Å². The molecule has 0 spiro atoms. The number of hydrazine groups is 1. The van der Waals surface area contributed by atoms with Gasteiger partial charge in [0.1, 0.15) is 5.75 Å². The van der Waals surface area contributed by atoms with Crippen molar-refractivity contribution in [3.8, 4) is 5.75 Å². The van der Waals surface area contributed by atoms with Crippen molar-refractivity contribution >= 4 is 0 Å². The van der Waals surface area contributed by atoms with Gasteiger partial charge in [-0.2, -0.15) is 0 Å². The predicted molar refractivity (Wildman–Crippen MR) is 78.1 cm³/mol. The van der Waals surface area contributed by atoms with Gasteiger partial charge in [-0.1, -0.05) is 18.2 Å². The van der Waals surface area contributed by atoms with Crippen LogP contribution in [0.2, 0.25) is 0 Å². The van der Waals surface area contributed by atoms with Crippen molar-refractivity contribution in [3.63, 3.8) is 0 Å². The summed E-state index contributed by atoms with van der Waals surface area (Å²) in [6.45, 7) is 0. The molecule has 1 fully saturated rings. The molecule has 1 atom stereocenters. The lowest BCUT2D eigenvalue weighted by molar-refractivity contribution is 0.302. The standard InChI is InChI=1S/C16H19N3O/c17-19-16(9-12-3-2-8-18-11-12)13-4-1-5-15(10-13)20-14-6-7-14/h1-5,8,10-11,14,16,19H,6-7,9,17H2. The molecule has 0 saturated heterocycles. The van der Waals surface area contributed by atoms with Crippen molar-refractivity contribution in [3.05, 3.63) is 59.9 Å². The Morgan fingerprint density at radius 1 is 1.30 bits per heavy atom. The van der Waals surface area contributed by atoms with E-state index in [2.05, 4.69) is 28.6 Å². The smallest absolute Gasteiger partial charge is 0.120 e. The molecule has 2 aromatic rings. The molecule has 1 heterocycles. The van der Waals surface area contributed by atoms with Crippen LogP contribution in [0.25, 0.3) is 0 Å². The molecule has 0 amide bonds. The van der Waals surface area contributed by atoms with Crippen molar-refractivity contribution in [2.75, 3.05) is 0 Å². The fourth-order valence-electron chi connectivity index (χ4n) is 2.21. The Hall–Kier alpha value is -1.91. The van der Waals surface area contributed by atoms with E-state index in [0.717, 1.165) is 23.3 Å². The number of nitrogens with two attached hydrogens (primary N) is 1. The van der Waals surface area contributed by atoms with Gasteiger partial charge in [-0.25, -0.2) is 0 Å². The first-order valence-corrected chi connectivity index (χ1v) is 6.97. The summed E-state index contributed by atoms with van der Waals surface area (Å²) in [6.07, 6.45) is 7.19. The lowest BCUT2D eigenvalue weighted by Gasteiger charge is -2.17. The van der Waals surface area contributed by atoms with E-state index in [-0.39, 0.29) is 6.04 Å². The molecule has 20 heavy (non-hydrogen) atoms. The van der Waals surface area contributed by atoms with Gasteiger partial charge in [0.15, 0.2) is 0 Å². The zero-order valence-corrected chi connectivity index (χ0v) is 11.3. The van der Waals surface area contributed by atoms with E-state index in [1.165, 1.54) is 12.8 Å². The zero-order chi connectivity index (χ0) is 13.8. The molecule has 3 rings (SSSR count). The molecule has 1 aliphatic carbocycles. The van der Waals surface area contributed by atoms with Gasteiger partial charge in [0.25, 0.3) is 0 Å². The number of pyridine rings is 1. The van der Waals surface area contributed by atoms with E-state index in [1.807, 2.05) is 24.4 Å². The Kier molecular flexibility index (Phi) is 3.95. The van der Waals surface area contributed by atoms with Gasteiger partial charge >= 0.3 is 0 Å². The molecule has 4 heteroatoms. The highest BCUT2D eigenvalue weighted by Crippen LogP contribution is 2.28. The molecule has 0 radical (unpaired) electrons. The van der Waals surface area contributed by atoms with Crippen LogP contribution in [0.4, 0.5) is 0 Å². The predicted octanol–water partition coefficient (Wildman–Crippen LogP) is 2.37. The van der Waals surface area contributed by atoms with Gasteiger partial charge in [-0.3, -0.25) is 16.3 Å². The van der Waals surface area contributed by atoms with E-state index >= 15 is 0 Å². The van der Waals surface area contributed by atoms with Gasteiger partial charge in [-0.05, 0) is 48.6 Å². The number of aromatic nitrogens is 1. The van der Waals surface area contributed by atoms with Crippen LogP contribution in [0.15, 0.2) is 48.8 Å². The third-order valence-corrected chi connectivity index (χ3v) is 3.45. The summed E-state index contributed by atoms with van der Waals surface area (Å²) < 4.78 is 5.83. The van der Waals surface area contributed by atoms with Crippen LogP contribution in [-0.2, 0) is 6.42 Å². The number of hydrogen-bond acceptors (Lipinski definition) is 4. The Labute approximate surface area is 119 Å². The average Bonchev–Trinajstić information content (AvgIpc) is 3.30. The second-order valence-corrected chi connectivity index (χ2v) is 5.17. The van der Waals surface area contributed by atoms with Crippen LogP contribution in [0.3, 0.4) is 0 Å². The van der Waals surface area contributed by atoms with E-state index in [1.54, 1.807) is 6.20 Å². The second-order valence-electron chi connectivity index (χ2n) is 5.17. The van der Waals surface area contributed by atoms with Gasteiger partial charge in [-0.15, -0.1) is 0 Å². The van der Waals surface area contributed by atoms with E-state index in [0.29, 0.717) is 6.10 Å². The topological polar surface area (TPSA) is 60.2 Å². The maximum absolute atomic E-state index is 5.83. The van der Waals surface area contributed by atoms with Crippen LogP contribution in [0, 0.1) is 0 Å². The minimum absolute atomic E-state index is 0.0574. The summed E-state index contributed by atoms with van der Waals surface area (Å²) in [7, 11) is 0. The lowest BCUT2D eigenvalue weighted by Crippen LogP contribution is -2.29. The summed E-state index contributed by atoms with van der Waals surface area (Å²) in [5.74, 6) is 6.63. The number of benzene rings is 1. The highest BCUT2D eigenvalue weighted by Gasteiger charge is 2.23. The van der Waals surface area contributed by atoms with Gasteiger partial charge < -0.3 is 4.74 Å². The summed E-state index contributed by atoms with van der Waals surface area (Å²) in [6, 6.07) is 12.2. The number of nitrogens with one attached hydrogen (secondary N) is 1. The minimum atomic E-state index is 0.0574. The summed E-state index contributed by atoms with van der Waals surface area (Å²) in [5, 5.41) is 0. The third kappa shape index (κ3) is 3.35. The maximum Gasteiger partial charge on any atom is 0.120 e. The minimum Gasteiger partial charge on any atom is -0.490 e. The number of nitrogens with zero attached hydrogens (tertiary/aromatic N) is 1. The first kappa shape index (κ1) is 13.1. The normalized spacial score (nSPS) is 15.8. The first-order chi connectivity index (χ1) is 9.85. The zero-order valence-electron chi connectivity index (χ0n) is 11.3. The summed E-state index contributed by atoms with van der Waals surface area (Å²) in [4.78, 5) is 4.14. The SMILES string of the molecule is NNC(Cc1cccnc1)c1cccc(OC2CC2)c1. The van der Waals surface area contributed by atoms with E-state index < -0.39 is 0 Å². The van der Waals surface area contributed by atoms with Crippen molar-refractivity contribution < 1.29 is 4.74 Å². The molecule has 1 aromatic heterocycles. The molecule has 4 nitrogen and oxygen atoms in total. The van der Waals surface area contributed by atoms with Gasteiger partial charge in [0, 0.05) is 12.4 Å². The molecule has 1 aliphatic rings. The molecular formula is C16H19N3O. The molecule has 1 aromatic carbocycles. The molecule has 0 bridgehead atoms. The lowest BCUT2D eigenvalue weighted by atomic mass is 10.0. The molecule has 1 saturated carbocycles. The molecule has 3 N–H and O–H groups in total. The van der Waals surface area contributed by atoms with Gasteiger partial charge in [0.2, 0.25) is 0 Å². The second kappa shape index (κ2) is 6.03. The third-order valence-electron chi connectivity index (χ3n) is 3.45. The highest BCUT2D eigenvalue weighted by molar-refractivity contribution is 5.32. The maximum atomic E-state index is 5.83. The Morgan fingerprint density at radius 3 is 2.90 bits per heavy atom. The van der Waals surface area contributed by atoms with Crippen molar-refractivity contribution in [2.45, 2.75) is 31.4 Å². The van der Waals surface area contributed by atoms with Crippen molar-refractivity contribution in [1.29, 1.82) is 0 Å². The monoisotopic (exact) mass is 269 g/mol. The van der Waals surface area contributed by atoms with E-state index in [9.17, 15) is 0 Å². The van der Waals surface area contributed by atoms with E-state index in [4.69, 9.17) is 10.6 Å². The van der Waals surface area contributed by atoms with Crippen molar-refractivity contribution in [2.24, 2.45) is 5.84 Å². The van der Waals surface area contributed by atoms with Crippen molar-refractivity contribution in [1.82, 2.24) is 10.4 Å². The molecule has 0 aliphatic heterocycles. The van der Waals surface area contributed by atoms with Crippen LogP contribution < -0.4 is 16.0 Å². The summed E-state index contributed by atoms with van der Waals surface area (Å²) >= 11 is 0. The number of rotatable bonds is 6. The number of hydrogen-bond donors (Lipinski definition) is 2. The Bertz CT molecular complexity index is 555. The number of ether oxygens (including phenoxy) is 1. The fourth-order valence-corrected chi connectivity index (χ4v) is 2.21. The fraction of sp³-hybridized carbons (Fsp3) is 0.312. The first-order valence-electron chi connectivity index (χ1n) is 6.97. The van der Waals surface area contributed by atoms with Crippen LogP contribution in [0.5, 0.6) is 5.75 Å². The van der Waals surface area contributed by atoms with Crippen LogP contribution in [-0.4, -0.2) is 11.1 Å². The average molecular weight is 269 g/mol. The Morgan fingerprint density at radius 2 is 2.20 bits per heavy atom. The molecular weight excluding hydrogens is 250 g/mol.